The number of carbonyl (C=O) groups excluding carboxylic acids is 1. The zero-order chi connectivity index (χ0) is 20.5. The highest BCUT2D eigenvalue weighted by Gasteiger charge is 2.20. The van der Waals surface area contributed by atoms with Crippen molar-refractivity contribution < 1.29 is 19.1 Å². The van der Waals surface area contributed by atoms with Crippen LogP contribution in [0.2, 0.25) is 0 Å². The fourth-order valence-electron chi connectivity index (χ4n) is 2.69. The van der Waals surface area contributed by atoms with Gasteiger partial charge in [0.05, 0.1) is 32.7 Å². The lowest BCUT2D eigenvalue weighted by Gasteiger charge is -2.03. The van der Waals surface area contributed by atoms with E-state index < -0.39 is 27.1 Å². The number of nitro groups is 2. The van der Waals surface area contributed by atoms with Gasteiger partial charge in [-0.25, -0.2) is 4.98 Å². The summed E-state index contributed by atoms with van der Waals surface area (Å²) in [4.78, 5) is 44.1. The lowest BCUT2D eigenvalue weighted by atomic mass is 10.2. The van der Waals surface area contributed by atoms with E-state index in [1.54, 1.807) is 18.5 Å². The smallest absolute Gasteiger partial charge is 0.278 e. The van der Waals surface area contributed by atoms with Gasteiger partial charge in [0.15, 0.2) is 5.69 Å². The number of aromatic amines is 1. The highest BCUT2D eigenvalue weighted by Crippen LogP contribution is 2.28. The van der Waals surface area contributed by atoms with Crippen LogP contribution in [0.25, 0.3) is 22.5 Å². The van der Waals surface area contributed by atoms with Crippen LogP contribution in [0.5, 0.6) is 0 Å². The van der Waals surface area contributed by atoms with Crippen molar-refractivity contribution in [3.05, 3.63) is 74.9 Å². The molecule has 4 rings (SSSR count). The Kier molecular flexibility index (Phi) is 4.20. The predicted octanol–water partition coefficient (Wildman–Crippen LogP) is 3.29. The summed E-state index contributed by atoms with van der Waals surface area (Å²) in [6.45, 7) is 0. The van der Waals surface area contributed by atoms with E-state index in [0.29, 0.717) is 11.1 Å². The van der Waals surface area contributed by atoms with Crippen molar-refractivity contribution in [1.82, 2.24) is 15.0 Å². The summed E-state index contributed by atoms with van der Waals surface area (Å²) in [5.74, 6) is -0.604. The molecule has 0 spiro atoms. The molecule has 0 saturated carbocycles. The third-order valence-corrected chi connectivity index (χ3v) is 3.98. The molecule has 0 fully saturated rings. The van der Waals surface area contributed by atoms with Crippen LogP contribution in [0.1, 0.15) is 10.5 Å². The van der Waals surface area contributed by atoms with E-state index in [0.717, 1.165) is 30.0 Å². The monoisotopic (exact) mass is 394 g/mol. The quantitative estimate of drug-likeness (QED) is 0.383. The maximum absolute atomic E-state index is 12.4. The van der Waals surface area contributed by atoms with Crippen molar-refractivity contribution in [1.29, 1.82) is 0 Å². The highest BCUT2D eigenvalue weighted by atomic mass is 16.6. The third-order valence-electron chi connectivity index (χ3n) is 3.98. The van der Waals surface area contributed by atoms with Crippen molar-refractivity contribution in [2.45, 2.75) is 0 Å². The first-order valence-corrected chi connectivity index (χ1v) is 8.05. The number of carbonyl (C=O) groups is 1. The molecule has 0 bridgehead atoms. The number of pyridine rings is 1. The molecule has 1 amide bonds. The molecular weight excluding hydrogens is 384 g/mol. The summed E-state index contributed by atoms with van der Waals surface area (Å²) in [6, 6.07) is 6.39. The number of nitrogens with zero attached hydrogens (tertiary/aromatic N) is 4. The van der Waals surface area contributed by atoms with E-state index in [-0.39, 0.29) is 17.3 Å². The molecule has 3 heterocycles. The Morgan fingerprint density at radius 1 is 1.14 bits per heavy atom. The molecule has 0 saturated heterocycles. The Morgan fingerprint density at radius 3 is 2.55 bits per heavy atom. The number of hydrogen-bond acceptors (Lipinski definition) is 8. The van der Waals surface area contributed by atoms with Gasteiger partial charge in [-0.05, 0) is 12.1 Å². The lowest BCUT2D eigenvalue weighted by Crippen LogP contribution is -2.12. The number of aromatic nitrogens is 3. The van der Waals surface area contributed by atoms with Gasteiger partial charge in [-0.2, -0.15) is 0 Å². The van der Waals surface area contributed by atoms with Crippen LogP contribution in [0.15, 0.2) is 53.4 Å². The minimum Gasteiger partial charge on any atom is -0.443 e. The Hall–Kier alpha value is -4.61. The molecule has 4 aromatic rings. The van der Waals surface area contributed by atoms with Crippen LogP contribution >= 0.6 is 0 Å². The maximum Gasteiger partial charge on any atom is 0.278 e. The fourth-order valence-corrected chi connectivity index (χ4v) is 2.69. The van der Waals surface area contributed by atoms with E-state index >= 15 is 0 Å². The van der Waals surface area contributed by atoms with Crippen LogP contribution < -0.4 is 5.32 Å². The van der Waals surface area contributed by atoms with E-state index in [2.05, 4.69) is 20.3 Å². The molecule has 2 N–H and O–H groups in total. The topological polar surface area (TPSA) is 170 Å². The third kappa shape index (κ3) is 3.37. The highest BCUT2D eigenvalue weighted by molar-refractivity contribution is 6.03. The molecular formula is C17H10N6O6. The van der Waals surface area contributed by atoms with E-state index in [4.69, 9.17) is 4.42 Å². The summed E-state index contributed by atoms with van der Waals surface area (Å²) in [6.07, 6.45) is 4.35. The Bertz CT molecular complexity index is 1240. The number of anilines is 1. The normalized spacial score (nSPS) is 10.8. The number of benzene rings is 1. The average molecular weight is 394 g/mol. The maximum atomic E-state index is 12.4. The molecule has 12 nitrogen and oxygen atoms in total. The molecule has 29 heavy (non-hydrogen) atoms. The number of oxazole rings is 1. The Morgan fingerprint density at radius 2 is 1.86 bits per heavy atom. The number of hydrogen-bond donors (Lipinski definition) is 2. The first-order valence-electron chi connectivity index (χ1n) is 8.05. The second kappa shape index (κ2) is 6.84. The van der Waals surface area contributed by atoms with E-state index in [1.807, 2.05) is 6.07 Å². The standard InChI is InChI=1S/C17H10N6O6/c24-16(20-9-4-10(22(25)26)6-11(5-9)23(27)28)14-8-29-17(21-14)12-7-19-13-2-1-3-18-15(12)13/h1-8,19H,(H,20,24). The van der Waals surface area contributed by atoms with Crippen molar-refractivity contribution in [3.63, 3.8) is 0 Å². The van der Waals surface area contributed by atoms with Gasteiger partial charge in [0.2, 0.25) is 5.89 Å². The van der Waals surface area contributed by atoms with Gasteiger partial charge in [0, 0.05) is 24.5 Å². The number of nitro benzene ring substituents is 2. The van der Waals surface area contributed by atoms with Gasteiger partial charge < -0.3 is 14.7 Å². The average Bonchev–Trinajstić information content (AvgIpc) is 3.34. The van der Waals surface area contributed by atoms with Gasteiger partial charge in [-0.1, -0.05) is 0 Å². The number of nitrogens with one attached hydrogen (secondary N) is 2. The minimum absolute atomic E-state index is 0.112. The molecule has 0 aliphatic carbocycles. The van der Waals surface area contributed by atoms with Crippen LogP contribution in [-0.4, -0.2) is 30.7 Å². The minimum atomic E-state index is -0.791. The van der Waals surface area contributed by atoms with Crippen molar-refractivity contribution >= 4 is 34.0 Å². The van der Waals surface area contributed by atoms with Gasteiger partial charge in [0.1, 0.15) is 11.8 Å². The summed E-state index contributed by atoms with van der Waals surface area (Å²) < 4.78 is 5.35. The first-order chi connectivity index (χ1) is 13.9. The molecule has 0 unspecified atom stereocenters. The lowest BCUT2D eigenvalue weighted by molar-refractivity contribution is -0.394. The van der Waals surface area contributed by atoms with Crippen molar-refractivity contribution in [3.8, 4) is 11.5 Å². The predicted molar refractivity (Wildman–Crippen MR) is 99.3 cm³/mol. The number of H-pyrrole nitrogens is 1. The number of non-ortho nitro benzene ring substituents is 2. The molecule has 0 atom stereocenters. The SMILES string of the molecule is O=C(Nc1cc([N+](=O)[O-])cc([N+](=O)[O-])c1)c1coc(-c2c[nH]c3cccnc23)n1. The zero-order valence-corrected chi connectivity index (χ0v) is 14.4. The van der Waals surface area contributed by atoms with Crippen molar-refractivity contribution in [2.24, 2.45) is 0 Å². The van der Waals surface area contributed by atoms with Crippen LogP contribution in [0.3, 0.4) is 0 Å². The molecule has 0 radical (unpaired) electrons. The first kappa shape index (κ1) is 17.8. The second-order valence-corrected chi connectivity index (χ2v) is 5.85. The number of amides is 1. The molecule has 1 aromatic carbocycles. The zero-order valence-electron chi connectivity index (χ0n) is 14.4. The van der Waals surface area contributed by atoms with E-state index in [1.165, 1.54) is 0 Å². The van der Waals surface area contributed by atoms with Crippen LogP contribution in [0, 0.1) is 20.2 Å². The Labute approximate surface area is 160 Å². The van der Waals surface area contributed by atoms with E-state index in [9.17, 15) is 25.0 Å². The molecule has 0 aliphatic heterocycles. The molecule has 144 valence electrons. The largest absolute Gasteiger partial charge is 0.443 e. The summed E-state index contributed by atoms with van der Waals surface area (Å²) >= 11 is 0. The van der Waals surface area contributed by atoms with Gasteiger partial charge in [-0.15, -0.1) is 0 Å². The van der Waals surface area contributed by atoms with Gasteiger partial charge in [0.25, 0.3) is 17.3 Å². The summed E-state index contributed by atoms with van der Waals surface area (Å²) in [5.41, 5.74) is 0.630. The number of fused-ring (bicyclic) bond motifs is 1. The second-order valence-electron chi connectivity index (χ2n) is 5.85. The summed E-state index contributed by atoms with van der Waals surface area (Å²) in [7, 11) is 0. The molecule has 3 aromatic heterocycles. The Balaban J connectivity index is 1.62. The number of rotatable bonds is 5. The van der Waals surface area contributed by atoms with Crippen molar-refractivity contribution in [2.75, 3.05) is 5.32 Å². The molecule has 12 heteroatoms. The summed E-state index contributed by atoms with van der Waals surface area (Å²) in [5, 5.41) is 24.3. The fraction of sp³-hybridized carbons (Fsp3) is 0. The van der Waals surface area contributed by atoms with Gasteiger partial charge >= 0.3 is 0 Å². The van der Waals surface area contributed by atoms with Crippen LogP contribution in [-0.2, 0) is 0 Å². The van der Waals surface area contributed by atoms with Gasteiger partial charge in [-0.3, -0.25) is 30.0 Å². The van der Waals surface area contributed by atoms with Crippen LogP contribution in [0.4, 0.5) is 17.1 Å². The molecule has 0 aliphatic rings.